The lowest BCUT2D eigenvalue weighted by atomic mass is 10.1. The molecule has 1 amide bonds. The van der Waals surface area contributed by atoms with Crippen molar-refractivity contribution in [2.75, 3.05) is 11.9 Å². The smallest absolute Gasteiger partial charge is 0.231 e. The van der Waals surface area contributed by atoms with Crippen molar-refractivity contribution in [1.29, 1.82) is 0 Å². The number of hydrogen-bond acceptors (Lipinski definition) is 3. The van der Waals surface area contributed by atoms with Crippen LogP contribution >= 0.6 is 27.3 Å². The second-order valence-electron chi connectivity index (χ2n) is 5.52. The molecule has 4 rings (SSSR count). The summed E-state index contributed by atoms with van der Waals surface area (Å²) in [7, 11) is 1.82. The van der Waals surface area contributed by atoms with E-state index in [2.05, 4.69) is 39.5 Å². The molecule has 23 heavy (non-hydrogen) atoms. The molecule has 0 spiro atoms. The van der Waals surface area contributed by atoms with Crippen LogP contribution in [-0.2, 0) is 11.2 Å². The summed E-state index contributed by atoms with van der Waals surface area (Å²) >= 11 is 5.13. The normalized spacial score (nSPS) is 13.5. The predicted molar refractivity (Wildman–Crippen MR) is 97.8 cm³/mol. The minimum Gasteiger partial charge on any atom is -0.315 e. The third-order valence-electron chi connectivity index (χ3n) is 4.03. The molecule has 0 aliphatic carbocycles. The Labute approximate surface area is 146 Å². The Hall–Kier alpha value is -1.98. The van der Waals surface area contributed by atoms with Crippen LogP contribution in [0.4, 0.5) is 5.69 Å². The van der Waals surface area contributed by atoms with Gasteiger partial charge in [-0.2, -0.15) is 0 Å². The Morgan fingerprint density at radius 1 is 1.17 bits per heavy atom. The van der Waals surface area contributed by atoms with Crippen LogP contribution in [0.5, 0.6) is 0 Å². The van der Waals surface area contributed by atoms with Gasteiger partial charge in [0.1, 0.15) is 5.01 Å². The Morgan fingerprint density at radius 3 is 2.87 bits per heavy atom. The van der Waals surface area contributed by atoms with Gasteiger partial charge in [-0.25, -0.2) is 4.98 Å². The van der Waals surface area contributed by atoms with Crippen molar-refractivity contribution in [2.45, 2.75) is 6.42 Å². The number of thiazole rings is 1. The van der Waals surface area contributed by atoms with Gasteiger partial charge in [0.2, 0.25) is 5.91 Å². The first-order valence-electron chi connectivity index (χ1n) is 7.23. The molecular weight excluding hydrogens is 372 g/mol. The second-order valence-corrected chi connectivity index (χ2v) is 7.30. The predicted octanol–water partition coefficient (Wildman–Crippen LogP) is 4.76. The average Bonchev–Trinajstić information content (AvgIpc) is 3.13. The van der Waals surface area contributed by atoms with Crippen LogP contribution in [0.1, 0.15) is 5.56 Å². The monoisotopic (exact) mass is 384 g/mol. The van der Waals surface area contributed by atoms with E-state index in [0.717, 1.165) is 37.6 Å². The molecule has 0 bridgehead atoms. The average molecular weight is 385 g/mol. The standard InChI is InChI=1S/C18H13BrN2OS/c1-21-16-6-5-11(7-13(16)9-17(21)22)15-10-23-18(20-15)12-3-2-4-14(19)8-12/h2-8,10H,9H2,1H3. The highest BCUT2D eigenvalue weighted by Gasteiger charge is 2.24. The zero-order valence-corrected chi connectivity index (χ0v) is 14.8. The Morgan fingerprint density at radius 2 is 2.04 bits per heavy atom. The minimum atomic E-state index is 0.144. The molecule has 3 nitrogen and oxygen atoms in total. The molecule has 3 aromatic rings. The number of benzene rings is 2. The van der Waals surface area contributed by atoms with Crippen molar-refractivity contribution in [2.24, 2.45) is 0 Å². The molecule has 0 N–H and O–H groups in total. The largest absolute Gasteiger partial charge is 0.315 e. The molecular formula is C18H13BrN2OS. The molecule has 0 saturated heterocycles. The number of halogens is 1. The van der Waals surface area contributed by atoms with Gasteiger partial charge < -0.3 is 4.90 Å². The van der Waals surface area contributed by atoms with E-state index in [0.29, 0.717) is 6.42 Å². The van der Waals surface area contributed by atoms with E-state index in [-0.39, 0.29) is 5.91 Å². The lowest BCUT2D eigenvalue weighted by Crippen LogP contribution is -2.20. The van der Waals surface area contributed by atoms with E-state index in [1.807, 2.05) is 31.3 Å². The minimum absolute atomic E-state index is 0.144. The van der Waals surface area contributed by atoms with E-state index in [9.17, 15) is 4.79 Å². The van der Waals surface area contributed by atoms with Crippen molar-refractivity contribution in [1.82, 2.24) is 4.98 Å². The van der Waals surface area contributed by atoms with Crippen molar-refractivity contribution < 1.29 is 4.79 Å². The highest BCUT2D eigenvalue weighted by Crippen LogP contribution is 2.34. The molecule has 0 radical (unpaired) electrons. The molecule has 1 aliphatic rings. The maximum Gasteiger partial charge on any atom is 0.231 e. The van der Waals surface area contributed by atoms with Crippen LogP contribution in [0.3, 0.4) is 0 Å². The quantitative estimate of drug-likeness (QED) is 0.637. The maximum absolute atomic E-state index is 11.8. The number of carbonyl (C=O) groups is 1. The van der Waals surface area contributed by atoms with Crippen LogP contribution in [0.25, 0.3) is 21.8 Å². The first-order valence-corrected chi connectivity index (χ1v) is 8.90. The second kappa shape index (κ2) is 5.58. The van der Waals surface area contributed by atoms with E-state index < -0.39 is 0 Å². The van der Waals surface area contributed by atoms with Crippen LogP contribution in [0.2, 0.25) is 0 Å². The van der Waals surface area contributed by atoms with Gasteiger partial charge in [-0.15, -0.1) is 11.3 Å². The lowest BCUT2D eigenvalue weighted by Gasteiger charge is -2.09. The zero-order chi connectivity index (χ0) is 16.0. The summed E-state index contributed by atoms with van der Waals surface area (Å²) in [6.07, 6.45) is 0.475. The third kappa shape index (κ3) is 2.60. The van der Waals surface area contributed by atoms with Gasteiger partial charge in [-0.1, -0.05) is 34.1 Å². The van der Waals surface area contributed by atoms with E-state index in [1.54, 1.807) is 16.2 Å². The summed E-state index contributed by atoms with van der Waals surface area (Å²) in [4.78, 5) is 18.3. The van der Waals surface area contributed by atoms with Gasteiger partial charge >= 0.3 is 0 Å². The molecule has 0 saturated carbocycles. The first-order chi connectivity index (χ1) is 11.1. The van der Waals surface area contributed by atoms with E-state index in [4.69, 9.17) is 4.98 Å². The number of carbonyl (C=O) groups excluding carboxylic acids is 1. The highest BCUT2D eigenvalue weighted by molar-refractivity contribution is 9.10. The fourth-order valence-electron chi connectivity index (χ4n) is 2.79. The number of likely N-dealkylation sites (N-methyl/N-ethyl adjacent to an activating group) is 1. The van der Waals surface area contributed by atoms with Crippen LogP contribution < -0.4 is 4.90 Å². The van der Waals surface area contributed by atoms with Gasteiger partial charge in [-0.05, 0) is 29.8 Å². The number of anilines is 1. The molecule has 2 aromatic carbocycles. The maximum atomic E-state index is 11.8. The molecule has 1 aromatic heterocycles. The summed E-state index contributed by atoms with van der Waals surface area (Å²) in [5, 5.41) is 3.06. The number of amides is 1. The van der Waals surface area contributed by atoms with Gasteiger partial charge in [0, 0.05) is 33.7 Å². The van der Waals surface area contributed by atoms with E-state index in [1.165, 1.54) is 0 Å². The number of rotatable bonds is 2. The Bertz CT molecular complexity index is 919. The highest BCUT2D eigenvalue weighted by atomic mass is 79.9. The van der Waals surface area contributed by atoms with Crippen molar-refractivity contribution in [3.63, 3.8) is 0 Å². The van der Waals surface area contributed by atoms with Crippen molar-refractivity contribution >= 4 is 38.9 Å². The summed E-state index contributed by atoms with van der Waals surface area (Å²) in [6, 6.07) is 14.3. The lowest BCUT2D eigenvalue weighted by molar-refractivity contribution is -0.117. The molecule has 0 atom stereocenters. The van der Waals surface area contributed by atoms with E-state index >= 15 is 0 Å². The summed E-state index contributed by atoms with van der Waals surface area (Å²) in [5.41, 5.74) is 5.19. The molecule has 1 aliphatic heterocycles. The molecule has 0 fully saturated rings. The van der Waals surface area contributed by atoms with Crippen molar-refractivity contribution in [3.8, 4) is 21.8 Å². The number of hydrogen-bond donors (Lipinski definition) is 0. The van der Waals surface area contributed by atoms with Gasteiger partial charge in [0.15, 0.2) is 0 Å². The van der Waals surface area contributed by atoms with Crippen molar-refractivity contribution in [3.05, 3.63) is 57.9 Å². The first kappa shape index (κ1) is 14.6. The van der Waals surface area contributed by atoms with Crippen LogP contribution in [0.15, 0.2) is 52.3 Å². The number of aromatic nitrogens is 1. The summed E-state index contributed by atoms with van der Waals surface area (Å²) < 4.78 is 1.05. The Balaban J connectivity index is 1.70. The summed E-state index contributed by atoms with van der Waals surface area (Å²) in [6.45, 7) is 0. The molecule has 5 heteroatoms. The fourth-order valence-corrected chi connectivity index (χ4v) is 4.02. The van der Waals surface area contributed by atoms with Gasteiger partial charge in [-0.3, -0.25) is 4.79 Å². The van der Waals surface area contributed by atoms with Crippen LogP contribution in [-0.4, -0.2) is 17.9 Å². The van der Waals surface area contributed by atoms with Gasteiger partial charge in [0.25, 0.3) is 0 Å². The SMILES string of the molecule is CN1C(=O)Cc2cc(-c3csc(-c4cccc(Br)c4)n3)ccc21. The number of fused-ring (bicyclic) bond motifs is 1. The Kier molecular flexibility index (Phi) is 3.54. The number of nitrogens with zero attached hydrogens (tertiary/aromatic N) is 2. The topological polar surface area (TPSA) is 33.2 Å². The van der Waals surface area contributed by atoms with Gasteiger partial charge in [0.05, 0.1) is 12.1 Å². The zero-order valence-electron chi connectivity index (χ0n) is 12.4. The molecule has 114 valence electrons. The van der Waals surface area contributed by atoms with Crippen LogP contribution in [0, 0.1) is 0 Å². The molecule has 0 unspecified atom stereocenters. The summed E-state index contributed by atoms with van der Waals surface area (Å²) in [5.74, 6) is 0.144. The third-order valence-corrected chi connectivity index (χ3v) is 5.41. The fraction of sp³-hybridized carbons (Fsp3) is 0.111. The molecule has 2 heterocycles.